The molecule has 1 heterocycles. The monoisotopic (exact) mass is 434 g/mol. The Labute approximate surface area is 191 Å². The number of carbonyl (C=O) groups excluding carboxylic acids is 2. The molecular formula is C26H34N4O2. The number of nitrogens with one attached hydrogen (secondary N) is 2. The molecule has 3 amide bonds. The van der Waals surface area contributed by atoms with Crippen molar-refractivity contribution in [3.05, 3.63) is 66.2 Å². The number of anilines is 1. The first-order valence-electron chi connectivity index (χ1n) is 11.8. The molecular weight excluding hydrogens is 400 g/mol. The summed E-state index contributed by atoms with van der Waals surface area (Å²) in [5.74, 6) is 0.512. The molecule has 2 fully saturated rings. The van der Waals surface area contributed by atoms with E-state index in [-0.39, 0.29) is 24.0 Å². The lowest BCUT2D eigenvalue weighted by Crippen LogP contribution is -2.58. The Morgan fingerprint density at radius 1 is 0.875 bits per heavy atom. The largest absolute Gasteiger partial charge is 0.348 e. The molecule has 0 radical (unpaired) electrons. The van der Waals surface area contributed by atoms with Crippen molar-refractivity contribution >= 4 is 17.6 Å². The summed E-state index contributed by atoms with van der Waals surface area (Å²) in [5.41, 5.74) is 1.92. The summed E-state index contributed by atoms with van der Waals surface area (Å²) < 4.78 is 0. The van der Waals surface area contributed by atoms with Crippen LogP contribution in [-0.2, 0) is 4.79 Å². The molecule has 1 aliphatic heterocycles. The Hall–Kier alpha value is -2.86. The number of hydrogen-bond acceptors (Lipinski definition) is 3. The molecule has 0 spiro atoms. The maximum Gasteiger partial charge on any atom is 0.321 e. The number of carbonyl (C=O) groups is 2. The molecule has 2 N–H and O–H groups in total. The molecule has 2 atom stereocenters. The summed E-state index contributed by atoms with van der Waals surface area (Å²) in [7, 11) is 0. The molecule has 1 aliphatic carbocycles. The van der Waals surface area contributed by atoms with Crippen molar-refractivity contribution in [2.24, 2.45) is 5.92 Å². The third kappa shape index (κ3) is 5.49. The molecule has 2 aliphatic rings. The molecule has 0 aromatic heterocycles. The zero-order valence-electron chi connectivity index (χ0n) is 18.9. The molecule has 4 rings (SSSR count). The highest BCUT2D eigenvalue weighted by Gasteiger charge is 2.37. The summed E-state index contributed by atoms with van der Waals surface area (Å²) in [6.45, 7) is 4.74. The SMILES string of the molecule is C[C@H](NC(=O)[C@@H](C1CCCC1)N1CCN(C(=O)Nc2ccccc2)CC1)c1ccccc1. The molecule has 0 bridgehead atoms. The topological polar surface area (TPSA) is 64.7 Å². The first kappa shape index (κ1) is 22.3. The second-order valence-corrected chi connectivity index (χ2v) is 8.95. The highest BCUT2D eigenvalue weighted by molar-refractivity contribution is 5.89. The molecule has 6 nitrogen and oxygen atoms in total. The third-order valence-electron chi connectivity index (χ3n) is 6.79. The van der Waals surface area contributed by atoms with E-state index in [4.69, 9.17) is 0 Å². The second-order valence-electron chi connectivity index (χ2n) is 8.95. The number of piperazine rings is 1. The van der Waals surface area contributed by atoms with Crippen LogP contribution in [0.15, 0.2) is 60.7 Å². The molecule has 0 unspecified atom stereocenters. The summed E-state index contributed by atoms with van der Waals surface area (Å²) in [6, 6.07) is 19.4. The highest BCUT2D eigenvalue weighted by Crippen LogP contribution is 2.31. The van der Waals surface area contributed by atoms with Crippen LogP contribution in [0.25, 0.3) is 0 Å². The maximum atomic E-state index is 13.4. The second kappa shape index (κ2) is 10.6. The zero-order chi connectivity index (χ0) is 22.3. The Kier molecular flexibility index (Phi) is 7.43. The first-order chi connectivity index (χ1) is 15.6. The van der Waals surface area contributed by atoms with Crippen LogP contribution in [0.3, 0.4) is 0 Å². The summed E-state index contributed by atoms with van der Waals surface area (Å²) in [4.78, 5) is 30.2. The minimum Gasteiger partial charge on any atom is -0.348 e. The van der Waals surface area contributed by atoms with Gasteiger partial charge < -0.3 is 15.5 Å². The molecule has 2 aromatic rings. The van der Waals surface area contributed by atoms with Gasteiger partial charge in [0.15, 0.2) is 0 Å². The number of benzene rings is 2. The van der Waals surface area contributed by atoms with E-state index in [1.807, 2.05) is 60.4 Å². The van der Waals surface area contributed by atoms with Crippen LogP contribution in [0.1, 0.15) is 44.2 Å². The standard InChI is InChI=1S/C26H34N4O2/c1-20(21-10-4-2-5-11-21)27-25(31)24(22-12-8-9-13-22)29-16-18-30(19-17-29)26(32)28-23-14-6-3-7-15-23/h2-7,10-11,14-15,20,22,24H,8-9,12-13,16-19H2,1H3,(H,27,31)(H,28,32)/t20-,24+/m0/s1. The minimum absolute atomic E-state index is 0.0226. The Bertz CT molecular complexity index is 875. The fraction of sp³-hybridized carbons (Fsp3) is 0.462. The van der Waals surface area contributed by atoms with Crippen molar-refractivity contribution in [3.8, 4) is 0 Å². The predicted molar refractivity (Wildman–Crippen MR) is 127 cm³/mol. The van der Waals surface area contributed by atoms with Crippen LogP contribution in [0.5, 0.6) is 0 Å². The van der Waals surface area contributed by atoms with Gasteiger partial charge in [-0.05, 0) is 43.4 Å². The average molecular weight is 435 g/mol. The van der Waals surface area contributed by atoms with Crippen LogP contribution < -0.4 is 10.6 Å². The predicted octanol–water partition coefficient (Wildman–Crippen LogP) is 4.27. The number of hydrogen-bond donors (Lipinski definition) is 2. The first-order valence-corrected chi connectivity index (χ1v) is 11.8. The lowest BCUT2D eigenvalue weighted by Gasteiger charge is -2.41. The van der Waals surface area contributed by atoms with Crippen LogP contribution in [0, 0.1) is 5.92 Å². The van der Waals surface area contributed by atoms with E-state index in [2.05, 4.69) is 27.7 Å². The Morgan fingerprint density at radius 2 is 1.47 bits per heavy atom. The van der Waals surface area contributed by atoms with E-state index in [9.17, 15) is 9.59 Å². The van der Waals surface area contributed by atoms with Crippen LogP contribution in [0.2, 0.25) is 0 Å². The number of nitrogens with zero attached hydrogens (tertiary/aromatic N) is 2. The van der Waals surface area contributed by atoms with Gasteiger partial charge >= 0.3 is 6.03 Å². The maximum absolute atomic E-state index is 13.4. The summed E-state index contributed by atoms with van der Waals surface area (Å²) in [6.07, 6.45) is 4.60. The molecule has 1 saturated heterocycles. The highest BCUT2D eigenvalue weighted by atomic mass is 16.2. The lowest BCUT2D eigenvalue weighted by molar-refractivity contribution is -0.129. The number of para-hydroxylation sites is 1. The van der Waals surface area contributed by atoms with Crippen LogP contribution in [-0.4, -0.2) is 54.0 Å². The van der Waals surface area contributed by atoms with Gasteiger partial charge in [0.25, 0.3) is 0 Å². The van der Waals surface area contributed by atoms with E-state index < -0.39 is 0 Å². The van der Waals surface area contributed by atoms with Gasteiger partial charge in [0.1, 0.15) is 0 Å². The van der Waals surface area contributed by atoms with Crippen LogP contribution >= 0.6 is 0 Å². The van der Waals surface area contributed by atoms with Gasteiger partial charge in [-0.2, -0.15) is 0 Å². The van der Waals surface area contributed by atoms with Crippen molar-refractivity contribution in [1.29, 1.82) is 0 Å². The van der Waals surface area contributed by atoms with Crippen molar-refractivity contribution in [3.63, 3.8) is 0 Å². The van der Waals surface area contributed by atoms with Crippen molar-refractivity contribution in [1.82, 2.24) is 15.1 Å². The average Bonchev–Trinajstić information content (AvgIpc) is 3.35. The summed E-state index contributed by atoms with van der Waals surface area (Å²) >= 11 is 0. The third-order valence-corrected chi connectivity index (χ3v) is 6.79. The van der Waals surface area contributed by atoms with Gasteiger partial charge in [-0.1, -0.05) is 61.4 Å². The lowest BCUT2D eigenvalue weighted by atomic mass is 9.94. The zero-order valence-corrected chi connectivity index (χ0v) is 18.9. The molecule has 170 valence electrons. The molecule has 1 saturated carbocycles. The van der Waals surface area contributed by atoms with E-state index >= 15 is 0 Å². The van der Waals surface area contributed by atoms with Gasteiger partial charge in [-0.3, -0.25) is 9.69 Å². The van der Waals surface area contributed by atoms with E-state index in [0.717, 1.165) is 37.2 Å². The summed E-state index contributed by atoms with van der Waals surface area (Å²) in [5, 5.41) is 6.23. The molecule has 2 aromatic carbocycles. The Morgan fingerprint density at radius 3 is 2.09 bits per heavy atom. The normalized spacial score (nSPS) is 19.3. The fourth-order valence-electron chi connectivity index (χ4n) is 5.00. The van der Waals surface area contributed by atoms with Gasteiger partial charge in [0.2, 0.25) is 5.91 Å². The molecule has 6 heteroatoms. The van der Waals surface area contributed by atoms with E-state index in [0.29, 0.717) is 19.0 Å². The number of urea groups is 1. The van der Waals surface area contributed by atoms with Crippen molar-refractivity contribution < 1.29 is 9.59 Å². The van der Waals surface area contributed by atoms with Gasteiger partial charge in [0, 0.05) is 31.9 Å². The van der Waals surface area contributed by atoms with Crippen molar-refractivity contribution in [2.45, 2.75) is 44.7 Å². The van der Waals surface area contributed by atoms with Crippen LogP contribution in [0.4, 0.5) is 10.5 Å². The van der Waals surface area contributed by atoms with Gasteiger partial charge in [-0.15, -0.1) is 0 Å². The smallest absolute Gasteiger partial charge is 0.321 e. The molecule has 32 heavy (non-hydrogen) atoms. The van der Waals surface area contributed by atoms with Crippen molar-refractivity contribution in [2.75, 3.05) is 31.5 Å². The number of amides is 3. The fourth-order valence-corrected chi connectivity index (χ4v) is 5.00. The number of rotatable bonds is 6. The van der Waals surface area contributed by atoms with E-state index in [1.54, 1.807) is 0 Å². The minimum atomic E-state index is -0.122. The van der Waals surface area contributed by atoms with Gasteiger partial charge in [-0.25, -0.2) is 4.79 Å². The Balaban J connectivity index is 1.37. The quantitative estimate of drug-likeness (QED) is 0.714. The van der Waals surface area contributed by atoms with Gasteiger partial charge in [0.05, 0.1) is 12.1 Å². The van der Waals surface area contributed by atoms with E-state index in [1.165, 1.54) is 12.8 Å².